The van der Waals surface area contributed by atoms with Crippen LogP contribution >= 0.6 is 11.6 Å². The Bertz CT molecular complexity index is 1610. The van der Waals surface area contributed by atoms with E-state index in [1.807, 2.05) is 0 Å². The van der Waals surface area contributed by atoms with E-state index in [2.05, 4.69) is 20.4 Å². The second-order valence-electron chi connectivity index (χ2n) is 10.9. The zero-order valence-electron chi connectivity index (χ0n) is 21.7. The van der Waals surface area contributed by atoms with E-state index < -0.39 is 11.8 Å². The zero-order valence-corrected chi connectivity index (χ0v) is 22.5. The number of hydrogen-bond acceptors (Lipinski definition) is 6. The number of nitrogens with one attached hydrogen (secondary N) is 1. The molecule has 9 nitrogen and oxygen atoms in total. The molecule has 2 fully saturated rings. The highest BCUT2D eigenvalue weighted by molar-refractivity contribution is 6.32. The van der Waals surface area contributed by atoms with Gasteiger partial charge in [-0.25, -0.2) is 14.4 Å². The lowest BCUT2D eigenvalue weighted by atomic mass is 9.49. The zero-order chi connectivity index (χ0) is 28.0. The van der Waals surface area contributed by atoms with E-state index in [4.69, 9.17) is 21.4 Å². The summed E-state index contributed by atoms with van der Waals surface area (Å²) in [6, 6.07) is 7.92. The molecule has 11 heteroatoms. The average Bonchev–Trinajstić information content (AvgIpc) is 3.28. The van der Waals surface area contributed by atoms with Crippen molar-refractivity contribution in [3.63, 3.8) is 0 Å². The van der Waals surface area contributed by atoms with Crippen molar-refractivity contribution < 1.29 is 23.8 Å². The minimum Gasteiger partial charge on any atom is -0.494 e. The number of carbonyl (C=O) groups excluding carboxylic acids is 1. The summed E-state index contributed by atoms with van der Waals surface area (Å²) in [7, 11) is 1.40. The van der Waals surface area contributed by atoms with Crippen molar-refractivity contribution in [3.05, 3.63) is 70.9 Å². The highest BCUT2D eigenvalue weighted by Crippen LogP contribution is 2.59. The van der Waals surface area contributed by atoms with E-state index in [1.54, 1.807) is 47.5 Å². The van der Waals surface area contributed by atoms with Crippen molar-refractivity contribution in [1.29, 1.82) is 0 Å². The molecule has 0 atom stereocenters. The van der Waals surface area contributed by atoms with E-state index >= 15 is 0 Å². The van der Waals surface area contributed by atoms with Gasteiger partial charge in [0.05, 0.1) is 30.9 Å². The molecule has 4 aromatic rings. The van der Waals surface area contributed by atoms with E-state index in [0.29, 0.717) is 34.0 Å². The molecule has 2 aliphatic rings. The van der Waals surface area contributed by atoms with Crippen LogP contribution in [0.5, 0.6) is 5.75 Å². The number of carboxylic acids is 1. The second-order valence-corrected chi connectivity index (χ2v) is 11.3. The van der Waals surface area contributed by atoms with E-state index in [0.717, 1.165) is 36.6 Å². The number of carboxylic acid groups (broad SMARTS) is 1. The van der Waals surface area contributed by atoms with Crippen LogP contribution in [0.15, 0.2) is 48.9 Å². The Balaban J connectivity index is 1.17. The van der Waals surface area contributed by atoms with Gasteiger partial charge in [0.1, 0.15) is 0 Å². The van der Waals surface area contributed by atoms with Crippen molar-refractivity contribution in [1.82, 2.24) is 25.1 Å². The fourth-order valence-corrected chi connectivity index (χ4v) is 6.51. The fraction of sp³-hybridized carbons (Fsp3) is 0.345. The molecule has 0 aliphatic heterocycles. The average molecular weight is 564 g/mol. The number of aromatic nitrogens is 4. The summed E-state index contributed by atoms with van der Waals surface area (Å²) < 4.78 is 20.5. The Morgan fingerprint density at radius 3 is 2.60 bits per heavy atom. The normalized spacial score (nSPS) is 21.6. The summed E-state index contributed by atoms with van der Waals surface area (Å²) in [6.45, 7) is 0.329. The maximum absolute atomic E-state index is 13.8. The molecule has 2 aromatic heterocycles. The SMILES string of the molecule is COc1cc(-c2ncc(Cn3ncc4cc(Cl)cc(C(=O)NC5CC6(CC(CC(=O)O)C6)C5)c43)cn2)ccc1F. The first-order valence-electron chi connectivity index (χ1n) is 13.0. The van der Waals surface area contributed by atoms with Crippen LogP contribution < -0.4 is 10.1 Å². The lowest BCUT2D eigenvalue weighted by Crippen LogP contribution is -2.56. The molecule has 0 unspecified atom stereocenters. The van der Waals surface area contributed by atoms with Crippen LogP contribution in [0.2, 0.25) is 5.02 Å². The van der Waals surface area contributed by atoms with Crippen molar-refractivity contribution in [3.8, 4) is 17.1 Å². The first-order chi connectivity index (χ1) is 19.2. The summed E-state index contributed by atoms with van der Waals surface area (Å²) in [5, 5.41) is 17.8. The maximum atomic E-state index is 13.8. The predicted octanol–water partition coefficient (Wildman–Crippen LogP) is 5.11. The summed E-state index contributed by atoms with van der Waals surface area (Å²) in [5.41, 5.74) is 2.67. The first kappa shape index (κ1) is 26.2. The Labute approximate surface area is 234 Å². The molecule has 6 rings (SSSR count). The van der Waals surface area contributed by atoms with Crippen LogP contribution in [-0.4, -0.2) is 49.9 Å². The van der Waals surface area contributed by atoms with Gasteiger partial charge < -0.3 is 15.2 Å². The first-order valence-corrected chi connectivity index (χ1v) is 13.4. The van der Waals surface area contributed by atoms with E-state index in [-0.39, 0.29) is 35.5 Å². The monoisotopic (exact) mass is 563 g/mol. The summed E-state index contributed by atoms with van der Waals surface area (Å²) in [4.78, 5) is 33.2. The van der Waals surface area contributed by atoms with Crippen molar-refractivity contribution in [2.75, 3.05) is 7.11 Å². The summed E-state index contributed by atoms with van der Waals surface area (Å²) in [5.74, 6) is -0.637. The Morgan fingerprint density at radius 2 is 1.90 bits per heavy atom. The van der Waals surface area contributed by atoms with Crippen LogP contribution in [0.1, 0.15) is 48.0 Å². The summed E-state index contributed by atoms with van der Waals surface area (Å²) in [6.07, 6.45) is 8.79. The molecule has 2 saturated carbocycles. The highest BCUT2D eigenvalue weighted by Gasteiger charge is 2.53. The van der Waals surface area contributed by atoms with Gasteiger partial charge in [0.15, 0.2) is 17.4 Å². The number of halogens is 2. The molecule has 1 spiro atoms. The van der Waals surface area contributed by atoms with Gasteiger partial charge in [0, 0.05) is 46.4 Å². The standard InChI is InChI=1S/C29H27ClFN5O4/c1-40-24-6-18(2-3-23(24)31)27-32-12-17(13-33-27)15-36-26-19(14-34-36)5-20(30)7-22(26)28(39)35-21-10-29(11-21)8-16(9-29)4-25(37)38/h2-3,5-7,12-14,16,21H,4,8-11,15H2,1H3,(H,35,39)(H,37,38). The van der Waals surface area contributed by atoms with Gasteiger partial charge in [-0.05, 0) is 67.3 Å². The minimum atomic E-state index is -0.748. The Hall–Kier alpha value is -4.05. The number of carbonyl (C=O) groups is 2. The van der Waals surface area contributed by atoms with Crippen LogP contribution in [-0.2, 0) is 11.3 Å². The number of fused-ring (bicyclic) bond motifs is 1. The lowest BCUT2D eigenvalue weighted by molar-refractivity contribution is -0.142. The predicted molar refractivity (Wildman–Crippen MR) is 146 cm³/mol. The number of amides is 1. The maximum Gasteiger partial charge on any atom is 0.303 e. The van der Waals surface area contributed by atoms with Gasteiger partial charge in [-0.15, -0.1) is 0 Å². The molecular formula is C29H27ClFN5O4. The van der Waals surface area contributed by atoms with Gasteiger partial charge in [-0.2, -0.15) is 5.10 Å². The molecule has 40 heavy (non-hydrogen) atoms. The van der Waals surface area contributed by atoms with Crippen LogP contribution in [0, 0.1) is 17.2 Å². The number of methoxy groups -OCH3 is 1. The highest BCUT2D eigenvalue weighted by atomic mass is 35.5. The third-order valence-corrected chi connectivity index (χ3v) is 8.21. The van der Waals surface area contributed by atoms with Gasteiger partial charge in [0.25, 0.3) is 5.91 Å². The molecule has 0 saturated heterocycles. The number of hydrogen-bond donors (Lipinski definition) is 2. The number of rotatable bonds is 8. The van der Waals surface area contributed by atoms with E-state index in [1.165, 1.54) is 13.2 Å². The number of benzene rings is 2. The van der Waals surface area contributed by atoms with Gasteiger partial charge in [0.2, 0.25) is 0 Å². The molecule has 2 N–H and O–H groups in total. The van der Waals surface area contributed by atoms with Gasteiger partial charge >= 0.3 is 5.97 Å². The third-order valence-electron chi connectivity index (χ3n) is 7.99. The molecule has 2 aromatic carbocycles. The Morgan fingerprint density at radius 1 is 1.15 bits per heavy atom. The molecule has 2 aliphatic carbocycles. The second kappa shape index (κ2) is 10.2. The van der Waals surface area contributed by atoms with Crippen LogP contribution in [0.3, 0.4) is 0 Å². The molecule has 0 bridgehead atoms. The number of aliphatic carboxylic acids is 1. The van der Waals surface area contributed by atoms with Crippen molar-refractivity contribution in [2.45, 2.75) is 44.7 Å². The van der Waals surface area contributed by atoms with Crippen molar-refractivity contribution in [2.24, 2.45) is 11.3 Å². The third kappa shape index (κ3) is 4.99. The molecule has 206 valence electrons. The van der Waals surface area contributed by atoms with Crippen LogP contribution in [0.25, 0.3) is 22.3 Å². The topological polar surface area (TPSA) is 119 Å². The molecule has 2 heterocycles. The van der Waals surface area contributed by atoms with Crippen LogP contribution in [0.4, 0.5) is 4.39 Å². The van der Waals surface area contributed by atoms with E-state index in [9.17, 15) is 14.0 Å². The molecule has 1 amide bonds. The molecule has 0 radical (unpaired) electrons. The minimum absolute atomic E-state index is 0.0507. The summed E-state index contributed by atoms with van der Waals surface area (Å²) >= 11 is 6.35. The van der Waals surface area contributed by atoms with Crippen molar-refractivity contribution >= 4 is 34.4 Å². The number of nitrogens with zero attached hydrogens (tertiary/aromatic N) is 4. The Kier molecular flexibility index (Phi) is 6.66. The van der Waals surface area contributed by atoms with Gasteiger partial charge in [-0.1, -0.05) is 11.6 Å². The molecular weight excluding hydrogens is 537 g/mol. The largest absolute Gasteiger partial charge is 0.494 e. The lowest BCUT2D eigenvalue weighted by Gasteiger charge is -2.57. The number of ether oxygens (including phenoxy) is 1. The van der Waals surface area contributed by atoms with Gasteiger partial charge in [-0.3, -0.25) is 14.3 Å². The smallest absolute Gasteiger partial charge is 0.303 e. The fourth-order valence-electron chi connectivity index (χ4n) is 6.29. The quantitative estimate of drug-likeness (QED) is 0.306.